The lowest BCUT2D eigenvalue weighted by atomic mass is 9.92. The standard InChI is InChI=1S/C30H33NO10/c1-36-25-11-18-8-9-31(15-20(18)12-26(25)37-2)16-22-13-24(32)29(35)30(41-22)23(14-27(33)38-3)19-6-5-7-21(10-19)40-17-28(34)39-4/h5-7,10-13,23,35H,8-9,14-17H2,1-4H3/t23-/m0/s1. The van der Waals surface area contributed by atoms with Crippen molar-refractivity contribution >= 4 is 11.9 Å². The highest BCUT2D eigenvalue weighted by Gasteiger charge is 2.28. The molecule has 4 rings (SSSR count). The van der Waals surface area contributed by atoms with E-state index in [2.05, 4.69) is 9.64 Å². The fraction of sp³-hybridized carbons (Fsp3) is 0.367. The third-order valence-electron chi connectivity index (χ3n) is 6.94. The van der Waals surface area contributed by atoms with Crippen molar-refractivity contribution in [1.82, 2.24) is 4.90 Å². The highest BCUT2D eigenvalue weighted by molar-refractivity contribution is 5.72. The summed E-state index contributed by atoms with van der Waals surface area (Å²) >= 11 is 0. The zero-order valence-corrected chi connectivity index (χ0v) is 23.4. The highest BCUT2D eigenvalue weighted by Crippen LogP contribution is 2.36. The molecule has 0 unspecified atom stereocenters. The molecule has 0 radical (unpaired) electrons. The van der Waals surface area contributed by atoms with Crippen LogP contribution in [0, 0.1) is 0 Å². The number of esters is 2. The van der Waals surface area contributed by atoms with E-state index >= 15 is 0 Å². The average molecular weight is 568 g/mol. The maximum absolute atomic E-state index is 12.9. The van der Waals surface area contributed by atoms with E-state index in [4.69, 9.17) is 23.4 Å². The van der Waals surface area contributed by atoms with Crippen molar-refractivity contribution in [2.45, 2.75) is 31.8 Å². The number of methoxy groups -OCH3 is 4. The molecule has 1 atom stereocenters. The number of aromatic hydroxyl groups is 1. The minimum absolute atomic E-state index is 0.0631. The molecule has 1 aliphatic rings. The van der Waals surface area contributed by atoms with Crippen LogP contribution in [0.3, 0.4) is 0 Å². The average Bonchev–Trinajstić information content (AvgIpc) is 2.99. The number of benzene rings is 2. The van der Waals surface area contributed by atoms with Crippen molar-refractivity contribution in [3.8, 4) is 23.0 Å². The van der Waals surface area contributed by atoms with Gasteiger partial charge in [-0.2, -0.15) is 0 Å². The zero-order chi connectivity index (χ0) is 29.5. The number of carbonyl (C=O) groups is 2. The lowest BCUT2D eigenvalue weighted by molar-refractivity contribution is -0.143. The Morgan fingerprint density at radius 2 is 1.68 bits per heavy atom. The van der Waals surface area contributed by atoms with Crippen LogP contribution in [0.25, 0.3) is 0 Å². The Kier molecular flexibility index (Phi) is 9.51. The number of rotatable bonds is 11. The van der Waals surface area contributed by atoms with Crippen LogP contribution in [0.15, 0.2) is 51.7 Å². The Morgan fingerprint density at radius 3 is 2.37 bits per heavy atom. The summed E-state index contributed by atoms with van der Waals surface area (Å²) in [5, 5.41) is 10.8. The van der Waals surface area contributed by atoms with E-state index in [0.717, 1.165) is 17.5 Å². The van der Waals surface area contributed by atoms with Crippen LogP contribution in [-0.2, 0) is 38.6 Å². The van der Waals surface area contributed by atoms with Gasteiger partial charge in [0.15, 0.2) is 23.9 Å². The van der Waals surface area contributed by atoms with Crippen molar-refractivity contribution in [3.63, 3.8) is 0 Å². The third-order valence-corrected chi connectivity index (χ3v) is 6.94. The van der Waals surface area contributed by atoms with E-state index < -0.39 is 29.0 Å². The van der Waals surface area contributed by atoms with Gasteiger partial charge in [-0.15, -0.1) is 0 Å². The zero-order valence-electron chi connectivity index (χ0n) is 23.4. The number of ether oxygens (including phenoxy) is 5. The third kappa shape index (κ3) is 6.98. The molecular formula is C30H33NO10. The summed E-state index contributed by atoms with van der Waals surface area (Å²) in [5.41, 5.74) is 2.11. The topological polar surface area (TPSA) is 134 Å². The van der Waals surface area contributed by atoms with Crippen LogP contribution in [0.4, 0.5) is 0 Å². The summed E-state index contributed by atoms with van der Waals surface area (Å²) in [6.45, 7) is 1.27. The van der Waals surface area contributed by atoms with Gasteiger partial charge in [-0.3, -0.25) is 14.5 Å². The van der Waals surface area contributed by atoms with Gasteiger partial charge >= 0.3 is 11.9 Å². The van der Waals surface area contributed by atoms with E-state index in [0.29, 0.717) is 48.2 Å². The minimum atomic E-state index is -0.865. The van der Waals surface area contributed by atoms with E-state index in [9.17, 15) is 19.5 Å². The molecular weight excluding hydrogens is 534 g/mol. The van der Waals surface area contributed by atoms with Crippen molar-refractivity contribution < 1.29 is 42.8 Å². The second-order valence-electron chi connectivity index (χ2n) is 9.50. The second-order valence-corrected chi connectivity index (χ2v) is 9.50. The van der Waals surface area contributed by atoms with Gasteiger partial charge in [0.25, 0.3) is 0 Å². The van der Waals surface area contributed by atoms with E-state index in [1.807, 2.05) is 12.1 Å². The molecule has 0 saturated heterocycles. The van der Waals surface area contributed by atoms with Gasteiger partial charge in [0.1, 0.15) is 11.5 Å². The van der Waals surface area contributed by atoms with Gasteiger partial charge in [-0.25, -0.2) is 4.79 Å². The molecule has 0 fully saturated rings. The molecule has 0 saturated carbocycles. The summed E-state index contributed by atoms with van der Waals surface area (Å²) in [6.07, 6.45) is 0.545. The fourth-order valence-corrected chi connectivity index (χ4v) is 4.80. The summed E-state index contributed by atoms with van der Waals surface area (Å²) in [4.78, 5) is 38.9. The molecule has 3 aromatic rings. The molecule has 2 aromatic carbocycles. The van der Waals surface area contributed by atoms with Crippen molar-refractivity contribution in [2.75, 3.05) is 41.6 Å². The number of hydrogen-bond acceptors (Lipinski definition) is 11. The predicted molar refractivity (Wildman–Crippen MR) is 146 cm³/mol. The van der Waals surface area contributed by atoms with Gasteiger partial charge in [-0.05, 0) is 47.4 Å². The SMILES string of the molecule is COC(=O)COc1cccc([C@H](CC(=O)OC)c2oc(CN3CCc4cc(OC)c(OC)cc4C3)cc(=O)c2O)c1. The maximum atomic E-state index is 12.9. The number of fused-ring (bicyclic) bond motifs is 1. The van der Waals surface area contributed by atoms with Gasteiger partial charge in [0.2, 0.25) is 11.2 Å². The predicted octanol–water partition coefficient (Wildman–Crippen LogP) is 3.17. The minimum Gasteiger partial charge on any atom is -0.502 e. The van der Waals surface area contributed by atoms with Crippen molar-refractivity contribution in [3.05, 3.63) is 80.9 Å². The van der Waals surface area contributed by atoms with Crippen molar-refractivity contribution in [1.29, 1.82) is 0 Å². The quantitative estimate of drug-likeness (QED) is 0.343. The Morgan fingerprint density at radius 1 is 0.976 bits per heavy atom. The fourth-order valence-electron chi connectivity index (χ4n) is 4.80. The molecule has 0 amide bonds. The van der Waals surface area contributed by atoms with Crippen LogP contribution in [0.2, 0.25) is 0 Å². The molecule has 11 heteroatoms. The van der Waals surface area contributed by atoms with Crippen LogP contribution in [0.5, 0.6) is 23.0 Å². The number of hydrogen-bond donors (Lipinski definition) is 1. The summed E-state index contributed by atoms with van der Waals surface area (Å²) in [6, 6.07) is 11.8. The molecule has 2 heterocycles. The van der Waals surface area contributed by atoms with E-state index in [1.54, 1.807) is 38.5 Å². The molecule has 218 valence electrons. The lowest BCUT2D eigenvalue weighted by Gasteiger charge is -2.29. The molecule has 41 heavy (non-hydrogen) atoms. The lowest BCUT2D eigenvalue weighted by Crippen LogP contribution is -2.30. The molecule has 0 spiro atoms. The first kappa shape index (κ1) is 29.5. The highest BCUT2D eigenvalue weighted by atomic mass is 16.6. The molecule has 0 bridgehead atoms. The van der Waals surface area contributed by atoms with Crippen LogP contribution < -0.4 is 19.6 Å². The van der Waals surface area contributed by atoms with E-state index in [-0.39, 0.29) is 18.8 Å². The largest absolute Gasteiger partial charge is 0.502 e. The first-order chi connectivity index (χ1) is 19.8. The Balaban J connectivity index is 1.63. The monoisotopic (exact) mass is 567 g/mol. The van der Waals surface area contributed by atoms with Crippen LogP contribution >= 0.6 is 0 Å². The summed E-state index contributed by atoms with van der Waals surface area (Å²) in [5.74, 6) is -0.678. The van der Waals surface area contributed by atoms with Gasteiger partial charge in [0.05, 0.1) is 47.3 Å². The van der Waals surface area contributed by atoms with Gasteiger partial charge < -0.3 is 33.2 Å². The van der Waals surface area contributed by atoms with Gasteiger partial charge in [0, 0.05) is 19.2 Å². The Labute approximate surface area is 237 Å². The second kappa shape index (κ2) is 13.2. The summed E-state index contributed by atoms with van der Waals surface area (Å²) in [7, 11) is 5.69. The van der Waals surface area contributed by atoms with Crippen molar-refractivity contribution in [2.24, 2.45) is 0 Å². The molecule has 1 N–H and O–H groups in total. The van der Waals surface area contributed by atoms with E-state index in [1.165, 1.54) is 20.3 Å². The first-order valence-corrected chi connectivity index (χ1v) is 12.9. The molecule has 0 aliphatic carbocycles. The van der Waals surface area contributed by atoms with Crippen LogP contribution in [-0.4, -0.2) is 63.5 Å². The summed E-state index contributed by atoms with van der Waals surface area (Å²) < 4.78 is 32.0. The Bertz CT molecular complexity index is 1460. The first-order valence-electron chi connectivity index (χ1n) is 12.9. The Hall–Kier alpha value is -4.51. The normalized spacial score (nSPS) is 13.6. The van der Waals surface area contributed by atoms with Gasteiger partial charge in [-0.1, -0.05) is 12.1 Å². The number of nitrogens with zero attached hydrogens (tertiary/aromatic N) is 1. The number of carbonyl (C=O) groups excluding carboxylic acids is 2. The molecule has 11 nitrogen and oxygen atoms in total. The smallest absolute Gasteiger partial charge is 0.343 e. The van der Waals surface area contributed by atoms with Crippen LogP contribution in [0.1, 0.15) is 40.5 Å². The molecule has 1 aromatic heterocycles. The molecule has 1 aliphatic heterocycles. The maximum Gasteiger partial charge on any atom is 0.343 e.